The molecule has 3 N–H and O–H groups in total. The lowest BCUT2D eigenvalue weighted by Crippen LogP contribution is -2.46. The Hall–Kier alpha value is -2.04. The molecule has 1 fully saturated rings. The van der Waals surface area contributed by atoms with Crippen LogP contribution < -0.4 is 11.1 Å². The molecule has 0 radical (unpaired) electrons. The average molecular weight is 275 g/mol. The van der Waals surface area contributed by atoms with Gasteiger partial charge < -0.3 is 16.0 Å². The molecule has 1 aromatic carbocycles. The number of benzene rings is 1. The van der Waals surface area contributed by atoms with Gasteiger partial charge in [-0.05, 0) is 37.1 Å². The number of carbonyl (C=O) groups excluding carboxylic acids is 2. The Morgan fingerprint density at radius 1 is 1.25 bits per heavy atom. The molecule has 1 heterocycles. The van der Waals surface area contributed by atoms with Crippen LogP contribution in [0.25, 0.3) is 0 Å². The van der Waals surface area contributed by atoms with Gasteiger partial charge in [0.05, 0.1) is 0 Å². The van der Waals surface area contributed by atoms with Gasteiger partial charge in [-0.1, -0.05) is 6.92 Å². The molecule has 108 valence electrons. The maximum atomic E-state index is 12.3. The largest absolute Gasteiger partial charge is 0.399 e. The van der Waals surface area contributed by atoms with Gasteiger partial charge >= 0.3 is 0 Å². The number of carbonyl (C=O) groups is 2. The third-order valence-corrected chi connectivity index (χ3v) is 3.63. The first-order valence-corrected chi connectivity index (χ1v) is 7.04. The highest BCUT2D eigenvalue weighted by Gasteiger charge is 2.24. The van der Waals surface area contributed by atoms with Crippen LogP contribution in [-0.4, -0.2) is 35.8 Å². The third kappa shape index (κ3) is 3.50. The Bertz CT molecular complexity index is 476. The molecule has 0 unspecified atom stereocenters. The normalized spacial score (nSPS) is 15.9. The molecule has 5 nitrogen and oxygen atoms in total. The Morgan fingerprint density at radius 3 is 2.40 bits per heavy atom. The van der Waals surface area contributed by atoms with Gasteiger partial charge in [0.1, 0.15) is 0 Å². The van der Waals surface area contributed by atoms with Gasteiger partial charge in [0.25, 0.3) is 5.91 Å². The molecule has 0 aromatic heterocycles. The van der Waals surface area contributed by atoms with E-state index in [0.29, 0.717) is 30.8 Å². The van der Waals surface area contributed by atoms with Crippen LogP contribution in [0.5, 0.6) is 0 Å². The summed E-state index contributed by atoms with van der Waals surface area (Å²) in [7, 11) is 0. The number of amides is 2. The summed E-state index contributed by atoms with van der Waals surface area (Å²) in [4.78, 5) is 25.5. The highest BCUT2D eigenvalue weighted by Crippen LogP contribution is 2.15. The number of likely N-dealkylation sites (tertiary alicyclic amines) is 1. The van der Waals surface area contributed by atoms with Crippen molar-refractivity contribution in [2.24, 2.45) is 0 Å². The average Bonchev–Trinajstić information content (AvgIpc) is 2.48. The molecule has 1 aliphatic heterocycles. The fraction of sp³-hybridized carbons (Fsp3) is 0.467. The Morgan fingerprint density at radius 2 is 1.85 bits per heavy atom. The van der Waals surface area contributed by atoms with Gasteiger partial charge in [-0.25, -0.2) is 0 Å². The fourth-order valence-electron chi connectivity index (χ4n) is 2.36. The fourth-order valence-corrected chi connectivity index (χ4v) is 2.36. The highest BCUT2D eigenvalue weighted by molar-refractivity contribution is 5.94. The van der Waals surface area contributed by atoms with Crippen molar-refractivity contribution < 1.29 is 9.59 Å². The number of hydrogen-bond donors (Lipinski definition) is 2. The summed E-state index contributed by atoms with van der Waals surface area (Å²) in [5, 5.41) is 2.98. The van der Waals surface area contributed by atoms with Gasteiger partial charge in [-0.15, -0.1) is 0 Å². The molecule has 0 atom stereocenters. The maximum absolute atomic E-state index is 12.3. The summed E-state index contributed by atoms with van der Waals surface area (Å²) in [5.41, 5.74) is 6.94. The second-order valence-electron chi connectivity index (χ2n) is 5.11. The smallest absolute Gasteiger partial charge is 0.253 e. The van der Waals surface area contributed by atoms with Crippen LogP contribution in [0.3, 0.4) is 0 Å². The van der Waals surface area contributed by atoms with E-state index in [4.69, 9.17) is 5.73 Å². The number of anilines is 1. The number of rotatable bonds is 3. The van der Waals surface area contributed by atoms with Gasteiger partial charge in [-0.3, -0.25) is 9.59 Å². The summed E-state index contributed by atoms with van der Waals surface area (Å²) < 4.78 is 0. The second-order valence-corrected chi connectivity index (χ2v) is 5.11. The van der Waals surface area contributed by atoms with Crippen LogP contribution in [0.2, 0.25) is 0 Å². The van der Waals surface area contributed by atoms with Crippen molar-refractivity contribution >= 4 is 17.5 Å². The van der Waals surface area contributed by atoms with E-state index in [0.717, 1.165) is 12.8 Å². The van der Waals surface area contributed by atoms with E-state index in [1.54, 1.807) is 24.3 Å². The van der Waals surface area contributed by atoms with Gasteiger partial charge in [-0.2, -0.15) is 0 Å². The third-order valence-electron chi connectivity index (χ3n) is 3.63. The standard InChI is InChI=1S/C15H21N3O2/c1-2-14(19)17-13-7-9-18(10-8-13)15(20)11-3-5-12(16)6-4-11/h3-6,13H,2,7-10,16H2,1H3,(H,17,19). The zero-order valence-corrected chi connectivity index (χ0v) is 11.8. The van der Waals surface area contributed by atoms with E-state index in [2.05, 4.69) is 5.32 Å². The van der Waals surface area contributed by atoms with Gasteiger partial charge in [0, 0.05) is 36.8 Å². The van der Waals surface area contributed by atoms with Gasteiger partial charge in [0.2, 0.25) is 5.91 Å². The van der Waals surface area contributed by atoms with Crippen molar-refractivity contribution in [3.8, 4) is 0 Å². The van der Waals surface area contributed by atoms with Gasteiger partial charge in [0.15, 0.2) is 0 Å². The zero-order valence-electron chi connectivity index (χ0n) is 11.8. The number of nitrogens with one attached hydrogen (secondary N) is 1. The van der Waals surface area contributed by atoms with E-state index in [-0.39, 0.29) is 17.9 Å². The lowest BCUT2D eigenvalue weighted by atomic mass is 10.0. The predicted octanol–water partition coefficient (Wildman–Crippen LogP) is 1.40. The van der Waals surface area contributed by atoms with Crippen LogP contribution in [0.4, 0.5) is 5.69 Å². The van der Waals surface area contributed by atoms with E-state index >= 15 is 0 Å². The molecule has 1 saturated heterocycles. The van der Waals surface area contributed by atoms with E-state index in [1.165, 1.54) is 0 Å². The number of hydrogen-bond acceptors (Lipinski definition) is 3. The summed E-state index contributed by atoms with van der Waals surface area (Å²) in [6, 6.07) is 7.17. The number of nitrogen functional groups attached to an aromatic ring is 1. The van der Waals surface area contributed by atoms with E-state index in [9.17, 15) is 9.59 Å². The monoisotopic (exact) mass is 275 g/mol. The van der Waals surface area contributed by atoms with Crippen LogP contribution in [0, 0.1) is 0 Å². The van der Waals surface area contributed by atoms with Crippen molar-refractivity contribution in [3.05, 3.63) is 29.8 Å². The summed E-state index contributed by atoms with van der Waals surface area (Å²) in [5.74, 6) is 0.110. The number of nitrogens with two attached hydrogens (primary N) is 1. The van der Waals surface area contributed by atoms with Crippen LogP contribution in [0.1, 0.15) is 36.5 Å². The molecule has 0 aliphatic carbocycles. The molecular formula is C15H21N3O2. The van der Waals surface area contributed by atoms with Crippen molar-refractivity contribution in [1.82, 2.24) is 10.2 Å². The summed E-state index contributed by atoms with van der Waals surface area (Å²) in [6.07, 6.45) is 2.13. The lowest BCUT2D eigenvalue weighted by Gasteiger charge is -2.32. The van der Waals surface area contributed by atoms with Crippen LogP contribution in [-0.2, 0) is 4.79 Å². The minimum Gasteiger partial charge on any atom is -0.399 e. The zero-order chi connectivity index (χ0) is 14.5. The first-order valence-electron chi connectivity index (χ1n) is 7.04. The molecule has 1 aromatic rings. The Kier molecular flexibility index (Phi) is 4.61. The second kappa shape index (κ2) is 6.41. The van der Waals surface area contributed by atoms with Crippen LogP contribution >= 0.6 is 0 Å². The topological polar surface area (TPSA) is 75.4 Å². The molecular weight excluding hydrogens is 254 g/mol. The Balaban J connectivity index is 1.88. The summed E-state index contributed by atoms with van der Waals surface area (Å²) >= 11 is 0. The molecule has 2 amide bonds. The highest BCUT2D eigenvalue weighted by atomic mass is 16.2. The molecule has 20 heavy (non-hydrogen) atoms. The van der Waals surface area contributed by atoms with Crippen molar-refractivity contribution in [1.29, 1.82) is 0 Å². The van der Waals surface area contributed by atoms with E-state index < -0.39 is 0 Å². The van der Waals surface area contributed by atoms with Crippen molar-refractivity contribution in [3.63, 3.8) is 0 Å². The van der Waals surface area contributed by atoms with Crippen molar-refractivity contribution in [2.75, 3.05) is 18.8 Å². The molecule has 0 spiro atoms. The number of nitrogens with zero attached hydrogens (tertiary/aromatic N) is 1. The SMILES string of the molecule is CCC(=O)NC1CCN(C(=O)c2ccc(N)cc2)CC1. The maximum Gasteiger partial charge on any atom is 0.253 e. The molecule has 0 saturated carbocycles. The van der Waals surface area contributed by atoms with Crippen molar-refractivity contribution in [2.45, 2.75) is 32.2 Å². The molecule has 2 rings (SSSR count). The van der Waals surface area contributed by atoms with Crippen LogP contribution in [0.15, 0.2) is 24.3 Å². The number of piperidine rings is 1. The first kappa shape index (κ1) is 14.4. The summed E-state index contributed by atoms with van der Waals surface area (Å²) in [6.45, 7) is 3.20. The molecule has 0 bridgehead atoms. The van der Waals surface area contributed by atoms with E-state index in [1.807, 2.05) is 11.8 Å². The Labute approximate surface area is 119 Å². The predicted molar refractivity (Wildman–Crippen MR) is 78.2 cm³/mol. The quantitative estimate of drug-likeness (QED) is 0.819. The molecule has 5 heteroatoms. The minimum atomic E-state index is 0.0327. The molecule has 1 aliphatic rings. The first-order chi connectivity index (χ1) is 9.60. The minimum absolute atomic E-state index is 0.0327. The lowest BCUT2D eigenvalue weighted by molar-refractivity contribution is -0.121.